The molecule has 1 aromatic carbocycles. The molecule has 0 amide bonds. The number of allylic oxidation sites excluding steroid dienone is 3. The Morgan fingerprint density at radius 3 is 2.66 bits per heavy atom. The number of hydrogen-bond acceptors (Lipinski definition) is 2. The number of unbranched alkanes of at least 4 members (excludes halogenated alkanes) is 5. The van der Waals surface area contributed by atoms with E-state index < -0.39 is 5.60 Å². The number of aliphatic hydroxyl groups excluding tert-OH is 1. The quantitative estimate of drug-likeness (QED) is 0.307. The van der Waals surface area contributed by atoms with Crippen molar-refractivity contribution in [1.82, 2.24) is 0 Å². The summed E-state index contributed by atoms with van der Waals surface area (Å²) in [5.41, 5.74) is 5.68. The molecule has 0 spiro atoms. The van der Waals surface area contributed by atoms with Gasteiger partial charge >= 0.3 is 0 Å². The summed E-state index contributed by atoms with van der Waals surface area (Å²) >= 11 is 0. The smallest absolute Gasteiger partial charge is 0.0787 e. The lowest BCUT2D eigenvalue weighted by Crippen LogP contribution is -2.17. The van der Waals surface area contributed by atoms with E-state index >= 15 is 0 Å². The molecule has 32 heavy (non-hydrogen) atoms. The molecular weight excluding hydrogens is 392 g/mol. The zero-order valence-corrected chi connectivity index (χ0v) is 20.8. The minimum absolute atomic E-state index is 0.379. The van der Waals surface area contributed by atoms with Crippen LogP contribution in [0.1, 0.15) is 109 Å². The second-order valence-corrected chi connectivity index (χ2v) is 10.2. The molecule has 1 aromatic rings. The predicted molar refractivity (Wildman–Crippen MR) is 139 cm³/mol. The van der Waals surface area contributed by atoms with Crippen molar-refractivity contribution in [3.63, 3.8) is 0 Å². The summed E-state index contributed by atoms with van der Waals surface area (Å²) in [6.07, 6.45) is 18.5. The second kappa shape index (κ2) is 13.8. The molecule has 0 aliphatic heterocycles. The van der Waals surface area contributed by atoms with Gasteiger partial charge in [-0.05, 0) is 93.1 Å². The molecule has 2 heteroatoms. The van der Waals surface area contributed by atoms with Gasteiger partial charge < -0.3 is 10.2 Å². The molecule has 178 valence electrons. The SMILES string of the molecule is C=C1C(=CC=C(CCCCCC)c2cccc(CCCCCC(C)(C)O)c2)CCCC1O. The van der Waals surface area contributed by atoms with Gasteiger partial charge in [-0.3, -0.25) is 0 Å². The second-order valence-electron chi connectivity index (χ2n) is 10.2. The van der Waals surface area contributed by atoms with E-state index in [1.54, 1.807) is 0 Å². The lowest BCUT2D eigenvalue weighted by Gasteiger charge is -2.22. The molecule has 2 N–H and O–H groups in total. The fourth-order valence-electron chi connectivity index (χ4n) is 4.48. The van der Waals surface area contributed by atoms with E-state index in [2.05, 4.69) is 49.9 Å². The minimum Gasteiger partial charge on any atom is -0.390 e. The van der Waals surface area contributed by atoms with Crippen molar-refractivity contribution in [3.8, 4) is 0 Å². The van der Waals surface area contributed by atoms with Crippen molar-refractivity contribution in [2.24, 2.45) is 0 Å². The van der Waals surface area contributed by atoms with Crippen molar-refractivity contribution in [2.75, 3.05) is 0 Å². The summed E-state index contributed by atoms with van der Waals surface area (Å²) in [6.45, 7) is 10.2. The molecule has 1 aliphatic carbocycles. The van der Waals surface area contributed by atoms with Gasteiger partial charge in [0.15, 0.2) is 0 Å². The van der Waals surface area contributed by atoms with Crippen LogP contribution in [0.3, 0.4) is 0 Å². The maximum atomic E-state index is 10.2. The van der Waals surface area contributed by atoms with Crippen LogP contribution in [0.25, 0.3) is 5.57 Å². The van der Waals surface area contributed by atoms with Gasteiger partial charge in [-0.25, -0.2) is 0 Å². The highest BCUT2D eigenvalue weighted by Gasteiger charge is 2.18. The predicted octanol–water partition coefficient (Wildman–Crippen LogP) is 7.94. The van der Waals surface area contributed by atoms with Gasteiger partial charge in [0.25, 0.3) is 0 Å². The van der Waals surface area contributed by atoms with Crippen LogP contribution in [0.2, 0.25) is 0 Å². The molecule has 0 saturated heterocycles. The van der Waals surface area contributed by atoms with Gasteiger partial charge in [0.2, 0.25) is 0 Å². The zero-order chi connectivity index (χ0) is 23.4. The van der Waals surface area contributed by atoms with Crippen molar-refractivity contribution in [3.05, 3.63) is 65.3 Å². The summed E-state index contributed by atoms with van der Waals surface area (Å²) in [4.78, 5) is 0. The standard InChI is InChI=1S/C30H46O2/c1-5-6-7-10-16-27(21-20-26-17-13-19-29(31)24(26)2)28-18-12-15-25(23-28)14-9-8-11-22-30(3,4)32/h12,15,18,20-21,23,29,31-32H,2,5-11,13-14,16-17,19,22H2,1,3-4H3. The van der Waals surface area contributed by atoms with E-state index in [9.17, 15) is 10.2 Å². The molecule has 2 nitrogen and oxygen atoms in total. The van der Waals surface area contributed by atoms with E-state index in [0.29, 0.717) is 0 Å². The topological polar surface area (TPSA) is 40.5 Å². The molecule has 2 rings (SSSR count). The van der Waals surface area contributed by atoms with Gasteiger partial charge in [-0.2, -0.15) is 0 Å². The molecule has 1 unspecified atom stereocenters. The molecule has 1 fully saturated rings. The Bertz CT molecular complexity index is 763. The first kappa shape index (κ1) is 26.6. The largest absolute Gasteiger partial charge is 0.390 e. The number of hydrogen-bond donors (Lipinski definition) is 2. The number of aryl methyl sites for hydroxylation is 1. The third kappa shape index (κ3) is 9.88. The van der Waals surface area contributed by atoms with Crippen molar-refractivity contribution >= 4 is 5.57 Å². The van der Waals surface area contributed by atoms with Crippen LogP contribution in [0.5, 0.6) is 0 Å². The van der Waals surface area contributed by atoms with Gasteiger partial charge in [-0.1, -0.05) is 82.0 Å². The van der Waals surface area contributed by atoms with Crippen LogP contribution in [0.4, 0.5) is 0 Å². The fraction of sp³-hybridized carbons (Fsp3) is 0.600. The highest BCUT2D eigenvalue weighted by Crippen LogP contribution is 2.29. The summed E-state index contributed by atoms with van der Waals surface area (Å²) in [5, 5.41) is 20.0. The number of rotatable bonds is 13. The molecule has 1 aliphatic rings. The summed E-state index contributed by atoms with van der Waals surface area (Å²) in [6, 6.07) is 9.04. The van der Waals surface area contributed by atoms with Crippen LogP contribution in [-0.2, 0) is 6.42 Å². The van der Waals surface area contributed by atoms with Crippen molar-refractivity contribution in [1.29, 1.82) is 0 Å². The van der Waals surface area contributed by atoms with Crippen LogP contribution in [-0.4, -0.2) is 21.9 Å². The molecular formula is C30H46O2. The Morgan fingerprint density at radius 2 is 1.91 bits per heavy atom. The summed E-state index contributed by atoms with van der Waals surface area (Å²) in [7, 11) is 0. The Labute approximate surface area is 197 Å². The average molecular weight is 439 g/mol. The van der Waals surface area contributed by atoms with Crippen LogP contribution >= 0.6 is 0 Å². The van der Waals surface area contributed by atoms with E-state index in [-0.39, 0.29) is 6.10 Å². The Morgan fingerprint density at radius 1 is 1.12 bits per heavy atom. The molecule has 0 heterocycles. The summed E-state index contributed by atoms with van der Waals surface area (Å²) in [5.74, 6) is 0. The molecule has 1 atom stereocenters. The van der Waals surface area contributed by atoms with E-state index in [1.165, 1.54) is 48.0 Å². The Hall–Kier alpha value is -1.64. The van der Waals surface area contributed by atoms with Gasteiger partial charge in [-0.15, -0.1) is 0 Å². The highest BCUT2D eigenvalue weighted by molar-refractivity contribution is 5.68. The highest BCUT2D eigenvalue weighted by atomic mass is 16.3. The normalized spacial score (nSPS) is 19.0. The zero-order valence-electron chi connectivity index (χ0n) is 20.8. The molecule has 1 saturated carbocycles. The first-order valence-corrected chi connectivity index (χ1v) is 12.9. The monoisotopic (exact) mass is 438 g/mol. The fourth-order valence-corrected chi connectivity index (χ4v) is 4.48. The number of aliphatic hydroxyl groups is 2. The lowest BCUT2D eigenvalue weighted by molar-refractivity contribution is 0.0681. The molecule has 0 bridgehead atoms. The van der Waals surface area contributed by atoms with Crippen LogP contribution in [0, 0.1) is 0 Å². The summed E-state index contributed by atoms with van der Waals surface area (Å²) < 4.78 is 0. The molecule has 0 aromatic heterocycles. The maximum Gasteiger partial charge on any atom is 0.0787 e. The van der Waals surface area contributed by atoms with E-state index in [4.69, 9.17) is 0 Å². The Kier molecular flexibility index (Phi) is 11.5. The third-order valence-electron chi connectivity index (χ3n) is 6.58. The van der Waals surface area contributed by atoms with Crippen LogP contribution < -0.4 is 0 Å². The first-order chi connectivity index (χ1) is 15.3. The lowest BCUT2D eigenvalue weighted by atomic mass is 9.87. The van der Waals surface area contributed by atoms with Gasteiger partial charge in [0.05, 0.1) is 11.7 Å². The van der Waals surface area contributed by atoms with E-state index in [1.807, 2.05) is 13.8 Å². The van der Waals surface area contributed by atoms with Gasteiger partial charge in [0.1, 0.15) is 0 Å². The molecule has 0 radical (unpaired) electrons. The number of benzene rings is 1. The van der Waals surface area contributed by atoms with Gasteiger partial charge in [0, 0.05) is 0 Å². The third-order valence-corrected chi connectivity index (χ3v) is 6.58. The minimum atomic E-state index is -0.550. The van der Waals surface area contributed by atoms with E-state index in [0.717, 1.165) is 63.4 Å². The van der Waals surface area contributed by atoms with Crippen molar-refractivity contribution < 1.29 is 10.2 Å². The average Bonchev–Trinajstić information content (AvgIpc) is 2.75. The van der Waals surface area contributed by atoms with Crippen molar-refractivity contribution in [2.45, 2.75) is 116 Å². The Balaban J connectivity index is 2.07. The maximum absolute atomic E-state index is 10.2. The first-order valence-electron chi connectivity index (χ1n) is 12.9. The van der Waals surface area contributed by atoms with Crippen LogP contribution in [0.15, 0.2) is 54.1 Å².